The van der Waals surface area contributed by atoms with Crippen LogP contribution < -0.4 is 10.6 Å². The number of hydrogen-bond acceptors (Lipinski definition) is 7. The molecule has 0 bridgehead atoms. The van der Waals surface area contributed by atoms with Crippen LogP contribution in [0.3, 0.4) is 0 Å². The smallest absolute Gasteiger partial charge is 0.410 e. The zero-order valence-corrected chi connectivity index (χ0v) is 28.1. The van der Waals surface area contributed by atoms with E-state index in [1.54, 1.807) is 45.0 Å². The number of carbonyl (C=O) groups excluding carboxylic acids is 3. The zero-order valence-electron chi connectivity index (χ0n) is 27.4. The average molecular weight is 680 g/mol. The molecule has 0 heterocycles. The highest BCUT2D eigenvalue weighted by molar-refractivity contribution is 6.31. The van der Waals surface area contributed by atoms with E-state index in [0.29, 0.717) is 36.4 Å². The van der Waals surface area contributed by atoms with E-state index in [4.69, 9.17) is 25.8 Å². The number of unbranched alkanes of at least 4 members (excludes halogenated alkanes) is 1. The number of amides is 3. The predicted molar refractivity (Wildman–Crippen MR) is 181 cm³/mol. The summed E-state index contributed by atoms with van der Waals surface area (Å²) in [5.74, 6) is -1.42. The molecule has 0 spiro atoms. The summed E-state index contributed by atoms with van der Waals surface area (Å²) in [6, 6.07) is 22.2. The number of carboxylic acid groups (broad SMARTS) is 1. The first kappa shape index (κ1) is 36.1. The summed E-state index contributed by atoms with van der Waals surface area (Å²) in [4.78, 5) is 51.1. The van der Waals surface area contributed by atoms with Gasteiger partial charge in [0.2, 0.25) is 0 Å². The molecule has 3 amide bonds. The van der Waals surface area contributed by atoms with Crippen LogP contribution in [0.2, 0.25) is 5.02 Å². The number of ether oxygens (including phenoxy) is 3. The lowest BCUT2D eigenvalue weighted by Crippen LogP contribution is -2.48. The van der Waals surface area contributed by atoms with Crippen molar-refractivity contribution in [3.63, 3.8) is 0 Å². The molecular formula is C36H42ClN3O8. The van der Waals surface area contributed by atoms with E-state index in [9.17, 15) is 24.3 Å². The van der Waals surface area contributed by atoms with Crippen molar-refractivity contribution < 1.29 is 38.5 Å². The van der Waals surface area contributed by atoms with Crippen LogP contribution in [0.25, 0.3) is 11.1 Å². The molecule has 11 nitrogen and oxygen atoms in total. The molecule has 0 fully saturated rings. The summed E-state index contributed by atoms with van der Waals surface area (Å²) in [7, 11) is 0. The quantitative estimate of drug-likeness (QED) is 0.123. The molecule has 12 heteroatoms. The normalized spacial score (nSPS) is 12.7. The molecule has 3 N–H and O–H groups in total. The van der Waals surface area contributed by atoms with Gasteiger partial charge < -0.3 is 30.0 Å². The van der Waals surface area contributed by atoms with Gasteiger partial charge in [0.25, 0.3) is 0 Å². The molecule has 0 saturated carbocycles. The van der Waals surface area contributed by atoms with Crippen molar-refractivity contribution in [3.05, 3.63) is 94.5 Å². The van der Waals surface area contributed by atoms with Gasteiger partial charge in [-0.25, -0.2) is 14.4 Å². The van der Waals surface area contributed by atoms with Crippen LogP contribution in [-0.2, 0) is 25.6 Å². The fraction of sp³-hybridized carbons (Fsp3) is 0.389. The van der Waals surface area contributed by atoms with Gasteiger partial charge >= 0.3 is 24.2 Å². The van der Waals surface area contributed by atoms with E-state index in [-0.39, 0.29) is 25.7 Å². The Labute approximate surface area is 285 Å². The Morgan fingerprint density at radius 2 is 1.50 bits per heavy atom. The van der Waals surface area contributed by atoms with Crippen molar-refractivity contribution in [2.24, 2.45) is 0 Å². The van der Waals surface area contributed by atoms with Crippen LogP contribution in [0, 0.1) is 0 Å². The van der Waals surface area contributed by atoms with E-state index in [0.717, 1.165) is 27.2 Å². The van der Waals surface area contributed by atoms with Crippen molar-refractivity contribution in [1.29, 1.82) is 0 Å². The molecule has 1 atom stereocenters. The molecule has 1 aliphatic rings. The standard InChI is InChI=1S/C36H42ClN3O8/c1-36(2,3)48-34(44)39-25(13-10-11-19-38-33(43)46-22-24-12-4-9-18-31(24)37)20-40(21-32(41)42)35(45)47-23-30-28-16-7-5-14-26(28)27-15-6-8-17-29(27)30/h4-9,12,14-18,25,30H,10-11,13,19-23H2,1-3H3,(H,38,43)(H,39,44)(H,41,42)/t25-/m0/s1. The molecule has 0 aromatic heterocycles. The Kier molecular flexibility index (Phi) is 12.7. The van der Waals surface area contributed by atoms with E-state index in [1.165, 1.54) is 0 Å². The Bertz CT molecular complexity index is 1550. The van der Waals surface area contributed by atoms with Gasteiger partial charge in [-0.2, -0.15) is 0 Å². The number of carbonyl (C=O) groups is 4. The molecule has 3 aromatic carbocycles. The fourth-order valence-electron chi connectivity index (χ4n) is 5.52. The van der Waals surface area contributed by atoms with Gasteiger partial charge in [-0.05, 0) is 68.4 Å². The van der Waals surface area contributed by atoms with Crippen LogP contribution in [0.5, 0.6) is 0 Å². The highest BCUT2D eigenvalue weighted by Gasteiger charge is 2.31. The number of nitrogens with one attached hydrogen (secondary N) is 2. The predicted octanol–water partition coefficient (Wildman–Crippen LogP) is 6.97. The largest absolute Gasteiger partial charge is 0.480 e. The molecule has 48 heavy (non-hydrogen) atoms. The van der Waals surface area contributed by atoms with Gasteiger partial charge in [0.05, 0.1) is 0 Å². The summed E-state index contributed by atoms with van der Waals surface area (Å²) in [6.45, 7) is 4.78. The Morgan fingerprint density at radius 3 is 2.12 bits per heavy atom. The maximum absolute atomic E-state index is 13.4. The van der Waals surface area contributed by atoms with Crippen molar-refractivity contribution in [2.45, 2.75) is 64.2 Å². The van der Waals surface area contributed by atoms with Gasteiger partial charge in [-0.3, -0.25) is 9.69 Å². The monoisotopic (exact) mass is 679 g/mol. The number of nitrogens with zero attached hydrogens (tertiary/aromatic N) is 1. The topological polar surface area (TPSA) is 144 Å². The van der Waals surface area contributed by atoms with Gasteiger partial charge in [-0.15, -0.1) is 0 Å². The minimum Gasteiger partial charge on any atom is -0.480 e. The number of benzene rings is 3. The van der Waals surface area contributed by atoms with Crippen molar-refractivity contribution in [2.75, 3.05) is 26.2 Å². The van der Waals surface area contributed by atoms with Crippen LogP contribution >= 0.6 is 11.6 Å². The van der Waals surface area contributed by atoms with E-state index >= 15 is 0 Å². The second-order valence-electron chi connectivity index (χ2n) is 12.5. The van der Waals surface area contributed by atoms with Crippen molar-refractivity contribution in [3.8, 4) is 11.1 Å². The number of alkyl carbamates (subject to hydrolysis) is 2. The van der Waals surface area contributed by atoms with Crippen molar-refractivity contribution >= 4 is 35.8 Å². The number of rotatable bonds is 14. The number of halogens is 1. The lowest BCUT2D eigenvalue weighted by molar-refractivity contribution is -0.138. The van der Waals surface area contributed by atoms with Gasteiger partial charge in [0.1, 0.15) is 25.4 Å². The van der Waals surface area contributed by atoms with Crippen LogP contribution in [0.15, 0.2) is 72.8 Å². The number of carboxylic acids is 1. The number of fused-ring (bicyclic) bond motifs is 3. The minimum absolute atomic E-state index is 0.0192. The Morgan fingerprint density at radius 1 is 0.875 bits per heavy atom. The van der Waals surface area contributed by atoms with E-state index in [1.807, 2.05) is 48.5 Å². The van der Waals surface area contributed by atoms with Crippen molar-refractivity contribution in [1.82, 2.24) is 15.5 Å². The Hall–Kier alpha value is -4.77. The van der Waals surface area contributed by atoms with Crippen LogP contribution in [0.4, 0.5) is 14.4 Å². The minimum atomic E-state index is -1.22. The number of hydrogen-bond donors (Lipinski definition) is 3. The second-order valence-corrected chi connectivity index (χ2v) is 12.9. The zero-order chi connectivity index (χ0) is 34.7. The SMILES string of the molecule is CC(C)(C)OC(=O)N[C@@H](CCCCNC(=O)OCc1ccccc1Cl)CN(CC(=O)O)C(=O)OCC1c2ccccc2-c2ccccc21. The van der Waals surface area contributed by atoms with Crippen LogP contribution in [0.1, 0.15) is 62.6 Å². The number of aliphatic carboxylic acids is 1. The first-order chi connectivity index (χ1) is 22.9. The maximum atomic E-state index is 13.4. The summed E-state index contributed by atoms with van der Waals surface area (Å²) >= 11 is 6.11. The molecule has 0 radical (unpaired) electrons. The van der Waals surface area contributed by atoms with Gasteiger partial charge in [0, 0.05) is 35.6 Å². The summed E-state index contributed by atoms with van der Waals surface area (Å²) in [5.41, 5.74) is 4.12. The Balaban J connectivity index is 1.34. The molecule has 4 rings (SSSR count). The lowest BCUT2D eigenvalue weighted by Gasteiger charge is -2.28. The first-order valence-electron chi connectivity index (χ1n) is 15.9. The second kappa shape index (κ2) is 16.9. The molecule has 1 aliphatic carbocycles. The van der Waals surface area contributed by atoms with Crippen LogP contribution in [-0.4, -0.2) is 72.1 Å². The third-order valence-electron chi connectivity index (χ3n) is 7.65. The van der Waals surface area contributed by atoms with Gasteiger partial charge in [0.15, 0.2) is 0 Å². The fourth-order valence-corrected chi connectivity index (χ4v) is 5.71. The molecule has 0 saturated heterocycles. The summed E-state index contributed by atoms with van der Waals surface area (Å²) in [6.07, 6.45) is -0.687. The van der Waals surface area contributed by atoms with E-state index < -0.39 is 42.4 Å². The molecule has 0 unspecified atom stereocenters. The summed E-state index contributed by atoms with van der Waals surface area (Å²) < 4.78 is 16.4. The molecule has 0 aliphatic heterocycles. The molecular weight excluding hydrogens is 638 g/mol. The highest BCUT2D eigenvalue weighted by atomic mass is 35.5. The van der Waals surface area contributed by atoms with E-state index in [2.05, 4.69) is 10.6 Å². The molecule has 256 valence electrons. The third-order valence-corrected chi connectivity index (χ3v) is 8.02. The highest BCUT2D eigenvalue weighted by Crippen LogP contribution is 2.44. The first-order valence-corrected chi connectivity index (χ1v) is 16.2. The average Bonchev–Trinajstić information content (AvgIpc) is 3.35. The maximum Gasteiger partial charge on any atom is 0.410 e. The summed E-state index contributed by atoms with van der Waals surface area (Å²) in [5, 5.41) is 15.6. The van der Waals surface area contributed by atoms with Gasteiger partial charge in [-0.1, -0.05) is 78.3 Å². The third kappa shape index (κ3) is 10.6. The molecule has 3 aromatic rings. The lowest BCUT2D eigenvalue weighted by atomic mass is 9.98.